The summed E-state index contributed by atoms with van der Waals surface area (Å²) in [4.78, 5) is 12.2. The van der Waals surface area contributed by atoms with Crippen LogP contribution in [-0.2, 0) is 0 Å². The second-order valence-electron chi connectivity index (χ2n) is 4.44. The first-order valence-corrected chi connectivity index (χ1v) is 6.01. The number of nitrogens with zero attached hydrogens (tertiary/aromatic N) is 1. The number of aliphatic hydroxyl groups is 1. The Labute approximate surface area is 126 Å². The number of halogens is 6. The first-order valence-electron chi connectivity index (χ1n) is 6.01. The van der Waals surface area contributed by atoms with Gasteiger partial charge < -0.3 is 20.1 Å². The fourth-order valence-electron chi connectivity index (χ4n) is 1.44. The zero-order valence-corrected chi connectivity index (χ0v) is 11.6. The fourth-order valence-corrected chi connectivity index (χ4v) is 1.44. The lowest BCUT2D eigenvalue weighted by Gasteiger charge is -2.22. The summed E-state index contributed by atoms with van der Waals surface area (Å²) in [7, 11) is 0.986. The van der Waals surface area contributed by atoms with E-state index in [2.05, 4.69) is 10.1 Å². The number of anilines is 1. The average Bonchev–Trinajstić information content (AvgIpc) is 2.35. The van der Waals surface area contributed by atoms with E-state index in [1.165, 1.54) is 6.07 Å². The quantitative estimate of drug-likeness (QED) is 0.824. The van der Waals surface area contributed by atoms with E-state index >= 15 is 0 Å². The van der Waals surface area contributed by atoms with Crippen molar-refractivity contribution in [2.75, 3.05) is 18.9 Å². The standard InChI is InChI=1S/C12H12F6N2O3/c1-20(6-9(21)11(13,14)15)10(22)19-7-3-2-4-8(5-7)23-12(16,17)18/h2-5,9,21H,6H2,1H3,(H,19,22). The Bertz CT molecular complexity index is 546. The summed E-state index contributed by atoms with van der Waals surface area (Å²) in [6.07, 6.45) is -12.6. The van der Waals surface area contributed by atoms with Crippen molar-refractivity contribution in [3.63, 3.8) is 0 Å². The van der Waals surface area contributed by atoms with Crippen molar-refractivity contribution in [2.45, 2.75) is 18.6 Å². The first-order chi connectivity index (χ1) is 10.4. The van der Waals surface area contributed by atoms with Crippen molar-refractivity contribution in [3.05, 3.63) is 24.3 Å². The molecule has 0 fully saturated rings. The highest BCUT2D eigenvalue weighted by atomic mass is 19.4. The van der Waals surface area contributed by atoms with Crippen molar-refractivity contribution in [2.24, 2.45) is 0 Å². The predicted molar refractivity (Wildman–Crippen MR) is 66.8 cm³/mol. The summed E-state index contributed by atoms with van der Waals surface area (Å²) in [5.74, 6) is -0.603. The summed E-state index contributed by atoms with van der Waals surface area (Å²) in [6.45, 7) is -1.03. The molecule has 0 aliphatic heterocycles. The van der Waals surface area contributed by atoms with Crippen LogP contribution in [0.25, 0.3) is 0 Å². The minimum Gasteiger partial charge on any atom is -0.406 e. The molecule has 130 valence electrons. The molecule has 1 rings (SSSR count). The van der Waals surface area contributed by atoms with E-state index in [1.54, 1.807) is 0 Å². The van der Waals surface area contributed by atoms with Crippen LogP contribution in [-0.4, -0.2) is 48.3 Å². The van der Waals surface area contributed by atoms with Crippen molar-refractivity contribution >= 4 is 11.7 Å². The Balaban J connectivity index is 2.68. The molecule has 0 saturated heterocycles. The molecule has 0 spiro atoms. The van der Waals surface area contributed by atoms with Crippen molar-refractivity contribution in [1.82, 2.24) is 4.90 Å². The van der Waals surface area contributed by atoms with Crippen LogP contribution in [0.15, 0.2) is 24.3 Å². The zero-order valence-electron chi connectivity index (χ0n) is 11.6. The smallest absolute Gasteiger partial charge is 0.406 e. The summed E-state index contributed by atoms with van der Waals surface area (Å²) in [6, 6.07) is 3.16. The number of nitrogens with one attached hydrogen (secondary N) is 1. The molecule has 0 aliphatic rings. The number of rotatable bonds is 4. The number of aliphatic hydroxyl groups excluding tert-OH is 1. The van der Waals surface area contributed by atoms with Gasteiger partial charge in [0.05, 0.1) is 6.54 Å². The molecule has 0 bridgehead atoms. The van der Waals surface area contributed by atoms with Gasteiger partial charge in [-0.25, -0.2) is 4.79 Å². The van der Waals surface area contributed by atoms with Gasteiger partial charge in [-0.3, -0.25) is 0 Å². The Kier molecular flexibility index (Phi) is 5.70. The Hall–Kier alpha value is -2.17. The van der Waals surface area contributed by atoms with Gasteiger partial charge in [-0.2, -0.15) is 13.2 Å². The fraction of sp³-hybridized carbons (Fsp3) is 0.417. The van der Waals surface area contributed by atoms with Gasteiger partial charge in [-0.05, 0) is 12.1 Å². The summed E-state index contributed by atoms with van der Waals surface area (Å²) >= 11 is 0. The lowest BCUT2D eigenvalue weighted by atomic mass is 10.3. The van der Waals surface area contributed by atoms with Crippen molar-refractivity contribution in [1.29, 1.82) is 0 Å². The van der Waals surface area contributed by atoms with Gasteiger partial charge in [0.25, 0.3) is 0 Å². The third kappa shape index (κ3) is 6.63. The minimum atomic E-state index is -4.92. The molecule has 5 nitrogen and oxygen atoms in total. The number of carbonyl (C=O) groups excluding carboxylic acids is 1. The number of urea groups is 1. The number of ether oxygens (including phenoxy) is 1. The first kappa shape index (κ1) is 18.9. The van der Waals surface area contributed by atoms with E-state index in [1.807, 2.05) is 0 Å². The zero-order chi connectivity index (χ0) is 17.8. The third-order valence-corrected chi connectivity index (χ3v) is 2.49. The monoisotopic (exact) mass is 346 g/mol. The van der Waals surface area contributed by atoms with E-state index < -0.39 is 37.0 Å². The summed E-state index contributed by atoms with van der Waals surface area (Å²) < 4.78 is 76.4. The number of likely N-dealkylation sites (N-methyl/N-ethyl adjacent to an activating group) is 1. The largest absolute Gasteiger partial charge is 0.573 e. The normalized spacial score (nSPS) is 13.4. The highest BCUT2D eigenvalue weighted by molar-refractivity contribution is 5.89. The van der Waals surface area contributed by atoms with Gasteiger partial charge in [-0.15, -0.1) is 13.2 Å². The van der Waals surface area contributed by atoms with Crippen molar-refractivity contribution in [3.8, 4) is 5.75 Å². The maximum atomic E-state index is 12.2. The number of carbonyl (C=O) groups is 1. The highest BCUT2D eigenvalue weighted by Crippen LogP contribution is 2.25. The van der Waals surface area contributed by atoms with E-state index in [4.69, 9.17) is 5.11 Å². The molecular weight excluding hydrogens is 334 g/mol. The summed E-state index contributed by atoms with van der Waals surface area (Å²) in [5.41, 5.74) is -0.120. The highest BCUT2D eigenvalue weighted by Gasteiger charge is 2.39. The van der Waals surface area contributed by atoms with Gasteiger partial charge >= 0.3 is 18.6 Å². The molecule has 1 aromatic carbocycles. The molecule has 2 amide bonds. The Morgan fingerprint density at radius 3 is 2.43 bits per heavy atom. The second kappa shape index (κ2) is 6.94. The number of hydrogen-bond donors (Lipinski definition) is 2. The van der Waals surface area contributed by atoms with Crippen LogP contribution in [0.2, 0.25) is 0 Å². The van der Waals surface area contributed by atoms with Crippen LogP contribution in [0.3, 0.4) is 0 Å². The maximum Gasteiger partial charge on any atom is 0.573 e. The van der Waals surface area contributed by atoms with E-state index in [0.717, 1.165) is 25.2 Å². The predicted octanol–water partition coefficient (Wildman–Crippen LogP) is 2.97. The maximum absolute atomic E-state index is 12.2. The molecule has 0 heterocycles. The number of benzene rings is 1. The lowest BCUT2D eigenvalue weighted by molar-refractivity contribution is -0.274. The number of hydrogen-bond acceptors (Lipinski definition) is 3. The molecule has 0 aliphatic carbocycles. The SMILES string of the molecule is CN(CC(O)C(F)(F)F)C(=O)Nc1cccc(OC(F)(F)F)c1. The van der Waals surface area contributed by atoms with E-state index in [-0.39, 0.29) is 5.69 Å². The van der Waals surface area contributed by atoms with E-state index in [9.17, 15) is 31.1 Å². The minimum absolute atomic E-state index is 0.120. The van der Waals surface area contributed by atoms with Gasteiger partial charge in [0.1, 0.15) is 5.75 Å². The molecule has 0 aromatic heterocycles. The van der Waals surface area contributed by atoms with Gasteiger partial charge in [0, 0.05) is 18.8 Å². The van der Waals surface area contributed by atoms with Gasteiger partial charge in [0.15, 0.2) is 6.10 Å². The van der Waals surface area contributed by atoms with E-state index in [0.29, 0.717) is 4.90 Å². The lowest BCUT2D eigenvalue weighted by Crippen LogP contribution is -2.43. The van der Waals surface area contributed by atoms with Crippen LogP contribution < -0.4 is 10.1 Å². The van der Waals surface area contributed by atoms with Crippen LogP contribution in [0.4, 0.5) is 36.8 Å². The molecule has 2 N–H and O–H groups in total. The Morgan fingerprint density at radius 1 is 1.30 bits per heavy atom. The second-order valence-corrected chi connectivity index (χ2v) is 4.44. The van der Waals surface area contributed by atoms with Gasteiger partial charge in [-0.1, -0.05) is 6.07 Å². The molecular formula is C12H12F6N2O3. The number of amides is 2. The molecule has 1 aromatic rings. The average molecular weight is 346 g/mol. The van der Waals surface area contributed by atoms with Crippen LogP contribution in [0, 0.1) is 0 Å². The molecule has 11 heteroatoms. The van der Waals surface area contributed by atoms with Crippen molar-refractivity contribution < 1.29 is 41.0 Å². The Morgan fingerprint density at radius 2 is 1.91 bits per heavy atom. The third-order valence-electron chi connectivity index (χ3n) is 2.49. The van der Waals surface area contributed by atoms with Gasteiger partial charge in [0.2, 0.25) is 0 Å². The molecule has 0 saturated carbocycles. The van der Waals surface area contributed by atoms with Crippen LogP contribution in [0.5, 0.6) is 5.75 Å². The topological polar surface area (TPSA) is 61.8 Å². The molecule has 0 radical (unpaired) electrons. The molecule has 1 atom stereocenters. The molecule has 1 unspecified atom stereocenters. The van der Waals surface area contributed by atoms with Crippen LogP contribution in [0.1, 0.15) is 0 Å². The molecule has 23 heavy (non-hydrogen) atoms. The van der Waals surface area contributed by atoms with Crippen LogP contribution >= 0.6 is 0 Å². The number of alkyl halides is 6. The summed E-state index contributed by atoms with van der Waals surface area (Å²) in [5, 5.41) is 10.9.